The summed E-state index contributed by atoms with van der Waals surface area (Å²) in [6.07, 6.45) is 5.01. The molecular weight excluding hydrogens is 374 g/mol. The monoisotopic (exact) mass is 415 g/mol. The van der Waals surface area contributed by atoms with Crippen LogP contribution in [0.5, 0.6) is 5.75 Å². The molecule has 0 unspecified atom stereocenters. The van der Waals surface area contributed by atoms with Gasteiger partial charge in [-0.25, -0.2) is 4.99 Å². The minimum atomic E-state index is 0.636. The number of piperazine rings is 1. The number of hydrogen-bond donors (Lipinski definition) is 2. The zero-order chi connectivity index (χ0) is 21.2. The number of hydrogen-bond acceptors (Lipinski definition) is 4. The molecule has 1 aromatic rings. The third-order valence-corrected chi connectivity index (χ3v) is 5.94. The number of guanidine groups is 1. The molecule has 2 aliphatic rings. The molecular formula is C24H41N5O. The van der Waals surface area contributed by atoms with Gasteiger partial charge in [0, 0.05) is 44.8 Å². The average molecular weight is 416 g/mol. The highest BCUT2D eigenvalue weighted by molar-refractivity contribution is 5.79. The van der Waals surface area contributed by atoms with E-state index in [4.69, 9.17) is 9.73 Å². The van der Waals surface area contributed by atoms with E-state index in [0.717, 1.165) is 49.3 Å². The predicted molar refractivity (Wildman–Crippen MR) is 125 cm³/mol. The zero-order valence-electron chi connectivity index (χ0n) is 19.3. The van der Waals surface area contributed by atoms with Crippen molar-refractivity contribution in [2.75, 3.05) is 59.5 Å². The first-order valence-corrected chi connectivity index (χ1v) is 11.8. The van der Waals surface area contributed by atoms with Gasteiger partial charge >= 0.3 is 0 Å². The molecule has 6 nitrogen and oxygen atoms in total. The first-order chi connectivity index (χ1) is 14.6. The summed E-state index contributed by atoms with van der Waals surface area (Å²) in [5.74, 6) is 2.64. The van der Waals surface area contributed by atoms with Crippen molar-refractivity contribution in [1.82, 2.24) is 20.4 Å². The average Bonchev–Trinajstić information content (AvgIpc) is 3.57. The number of ether oxygens (including phenoxy) is 1. The molecule has 0 aromatic heterocycles. The Bertz CT molecular complexity index is 666. The second-order valence-electron chi connectivity index (χ2n) is 8.84. The Kier molecular flexibility index (Phi) is 9.27. The van der Waals surface area contributed by atoms with E-state index in [-0.39, 0.29) is 0 Å². The molecule has 1 heterocycles. The fourth-order valence-electron chi connectivity index (χ4n) is 3.66. The van der Waals surface area contributed by atoms with Crippen LogP contribution >= 0.6 is 0 Å². The zero-order valence-corrected chi connectivity index (χ0v) is 19.3. The molecule has 1 aliphatic carbocycles. The Morgan fingerprint density at radius 1 is 1.13 bits per heavy atom. The van der Waals surface area contributed by atoms with Crippen LogP contribution < -0.4 is 15.4 Å². The van der Waals surface area contributed by atoms with E-state index < -0.39 is 0 Å². The molecule has 0 radical (unpaired) electrons. The SMILES string of the molecule is CCNC(=NCc1ccc(C)cc1OCC1CC1)NCCCCN1CCN(C)CC1. The molecule has 1 saturated carbocycles. The maximum atomic E-state index is 6.09. The molecule has 6 heteroatoms. The minimum Gasteiger partial charge on any atom is -0.493 e. The smallest absolute Gasteiger partial charge is 0.191 e. The lowest BCUT2D eigenvalue weighted by atomic mass is 10.1. The highest BCUT2D eigenvalue weighted by Gasteiger charge is 2.22. The van der Waals surface area contributed by atoms with E-state index in [9.17, 15) is 0 Å². The van der Waals surface area contributed by atoms with Crippen molar-refractivity contribution in [3.63, 3.8) is 0 Å². The molecule has 2 fully saturated rings. The Morgan fingerprint density at radius 2 is 1.93 bits per heavy atom. The van der Waals surface area contributed by atoms with Gasteiger partial charge in [-0.15, -0.1) is 0 Å². The van der Waals surface area contributed by atoms with Crippen molar-refractivity contribution < 1.29 is 4.74 Å². The van der Waals surface area contributed by atoms with Crippen molar-refractivity contribution >= 4 is 5.96 Å². The Hall–Kier alpha value is -1.79. The van der Waals surface area contributed by atoms with E-state index in [0.29, 0.717) is 6.54 Å². The number of nitrogens with one attached hydrogen (secondary N) is 2. The van der Waals surface area contributed by atoms with Crippen LogP contribution in [0.1, 0.15) is 43.7 Å². The number of aryl methyl sites for hydroxylation is 1. The van der Waals surface area contributed by atoms with Gasteiger partial charge in [0.05, 0.1) is 13.2 Å². The highest BCUT2D eigenvalue weighted by Crippen LogP contribution is 2.30. The maximum absolute atomic E-state index is 6.09. The third kappa shape index (κ3) is 8.15. The van der Waals surface area contributed by atoms with Crippen LogP contribution in [0, 0.1) is 12.8 Å². The number of unbranched alkanes of at least 4 members (excludes halogenated alkanes) is 1. The number of benzene rings is 1. The van der Waals surface area contributed by atoms with Gasteiger partial charge in [-0.1, -0.05) is 12.1 Å². The molecule has 2 N–H and O–H groups in total. The molecule has 0 atom stereocenters. The first-order valence-electron chi connectivity index (χ1n) is 11.8. The van der Waals surface area contributed by atoms with Gasteiger partial charge in [0.15, 0.2) is 5.96 Å². The summed E-state index contributed by atoms with van der Waals surface area (Å²) in [7, 11) is 2.21. The molecule has 0 amide bonds. The molecule has 1 aliphatic heterocycles. The van der Waals surface area contributed by atoms with Crippen molar-refractivity contribution in [2.24, 2.45) is 10.9 Å². The number of aliphatic imine (C=N–C) groups is 1. The van der Waals surface area contributed by atoms with Crippen LogP contribution in [0.15, 0.2) is 23.2 Å². The lowest BCUT2D eigenvalue weighted by molar-refractivity contribution is 0.152. The second-order valence-corrected chi connectivity index (χ2v) is 8.84. The molecule has 30 heavy (non-hydrogen) atoms. The topological polar surface area (TPSA) is 52.1 Å². The van der Waals surface area contributed by atoms with Crippen LogP contribution in [0.3, 0.4) is 0 Å². The quantitative estimate of drug-likeness (QED) is 0.331. The lowest BCUT2D eigenvalue weighted by Gasteiger charge is -2.32. The summed E-state index contributed by atoms with van der Waals surface area (Å²) in [6.45, 7) is 13.5. The summed E-state index contributed by atoms with van der Waals surface area (Å²) >= 11 is 0. The number of nitrogens with zero attached hydrogens (tertiary/aromatic N) is 3. The fourth-order valence-corrected chi connectivity index (χ4v) is 3.66. The van der Waals surface area contributed by atoms with Gasteiger partial charge in [0.25, 0.3) is 0 Å². The standard InChI is InChI=1S/C24H41N5O/c1-4-25-24(26-11-5-6-12-29-15-13-28(3)14-16-29)27-18-22-10-7-20(2)17-23(22)30-19-21-8-9-21/h7,10,17,21H,4-6,8-9,11-16,18-19H2,1-3H3,(H2,25,26,27). The van der Waals surface area contributed by atoms with Crippen molar-refractivity contribution in [2.45, 2.75) is 46.1 Å². The Labute approximate surface area is 183 Å². The summed E-state index contributed by atoms with van der Waals surface area (Å²) in [6, 6.07) is 6.44. The molecule has 0 spiro atoms. The van der Waals surface area contributed by atoms with E-state index in [2.05, 4.69) is 59.5 Å². The van der Waals surface area contributed by atoms with Crippen LogP contribution in [-0.2, 0) is 6.54 Å². The Morgan fingerprint density at radius 3 is 2.67 bits per heavy atom. The van der Waals surface area contributed by atoms with Gasteiger partial charge in [-0.2, -0.15) is 0 Å². The lowest BCUT2D eigenvalue weighted by Crippen LogP contribution is -2.44. The van der Waals surface area contributed by atoms with Crippen LogP contribution in [-0.4, -0.2) is 75.2 Å². The summed E-state index contributed by atoms with van der Waals surface area (Å²) in [5, 5.41) is 6.87. The summed E-state index contributed by atoms with van der Waals surface area (Å²) in [4.78, 5) is 9.80. The molecule has 1 aromatic carbocycles. The summed E-state index contributed by atoms with van der Waals surface area (Å²) < 4.78 is 6.09. The van der Waals surface area contributed by atoms with Gasteiger partial charge in [-0.05, 0) is 70.7 Å². The predicted octanol–water partition coefficient (Wildman–Crippen LogP) is 2.87. The highest BCUT2D eigenvalue weighted by atomic mass is 16.5. The Balaban J connectivity index is 1.42. The van der Waals surface area contributed by atoms with E-state index in [1.807, 2.05) is 0 Å². The van der Waals surface area contributed by atoms with Crippen LogP contribution in [0.4, 0.5) is 0 Å². The second kappa shape index (κ2) is 12.2. The minimum absolute atomic E-state index is 0.636. The van der Waals surface area contributed by atoms with Crippen LogP contribution in [0.25, 0.3) is 0 Å². The summed E-state index contributed by atoms with van der Waals surface area (Å²) in [5.41, 5.74) is 2.40. The number of rotatable bonds is 11. The van der Waals surface area contributed by atoms with Crippen LogP contribution in [0.2, 0.25) is 0 Å². The van der Waals surface area contributed by atoms with Crippen molar-refractivity contribution in [1.29, 1.82) is 0 Å². The first kappa shape index (κ1) is 22.9. The largest absolute Gasteiger partial charge is 0.493 e. The van der Waals surface area contributed by atoms with Gasteiger partial charge in [0.1, 0.15) is 5.75 Å². The molecule has 0 bridgehead atoms. The maximum Gasteiger partial charge on any atom is 0.191 e. The third-order valence-electron chi connectivity index (χ3n) is 5.94. The molecule has 1 saturated heterocycles. The fraction of sp³-hybridized carbons (Fsp3) is 0.708. The van der Waals surface area contributed by atoms with Crippen molar-refractivity contribution in [3.05, 3.63) is 29.3 Å². The van der Waals surface area contributed by atoms with Gasteiger partial charge < -0.3 is 25.2 Å². The molecule has 168 valence electrons. The van der Waals surface area contributed by atoms with Crippen molar-refractivity contribution in [3.8, 4) is 5.75 Å². The number of likely N-dealkylation sites (N-methyl/N-ethyl adjacent to an activating group) is 1. The van der Waals surface area contributed by atoms with E-state index in [1.165, 1.54) is 57.5 Å². The van der Waals surface area contributed by atoms with Gasteiger partial charge in [0.2, 0.25) is 0 Å². The molecule has 3 rings (SSSR count). The van der Waals surface area contributed by atoms with E-state index >= 15 is 0 Å². The van der Waals surface area contributed by atoms with E-state index in [1.54, 1.807) is 0 Å². The van der Waals surface area contributed by atoms with Gasteiger partial charge in [-0.3, -0.25) is 0 Å². The normalized spacial score (nSPS) is 18.4.